The molecule has 27 heavy (non-hydrogen) atoms. The molecule has 0 aromatic heterocycles. The van der Waals surface area contributed by atoms with Crippen molar-refractivity contribution >= 4 is 13.3 Å². The Morgan fingerprint density at radius 3 is 1.93 bits per heavy atom. The van der Waals surface area contributed by atoms with E-state index in [0.717, 1.165) is 22.4 Å². The number of nitrogens with zero attached hydrogens (tertiary/aromatic N) is 1. The molecule has 0 saturated heterocycles. The van der Waals surface area contributed by atoms with E-state index in [2.05, 4.69) is 0 Å². The maximum absolute atomic E-state index is 11.7. The van der Waals surface area contributed by atoms with Crippen LogP contribution in [0.2, 0.25) is 0 Å². The molecule has 0 saturated carbocycles. The van der Waals surface area contributed by atoms with Crippen molar-refractivity contribution in [3.8, 4) is 5.75 Å². The van der Waals surface area contributed by atoms with E-state index < -0.39 is 7.60 Å². The average Bonchev–Trinajstić information content (AvgIpc) is 2.58. The Hall–Kier alpha value is -1.81. The van der Waals surface area contributed by atoms with E-state index in [0.29, 0.717) is 13.0 Å². The minimum absolute atomic E-state index is 0.105. The van der Waals surface area contributed by atoms with Crippen molar-refractivity contribution in [1.29, 1.82) is 0 Å². The first kappa shape index (κ1) is 21.5. The number of hydrogen-bond donors (Lipinski definition) is 3. The highest BCUT2D eigenvalue weighted by atomic mass is 31.2. The lowest BCUT2D eigenvalue weighted by Crippen LogP contribution is -2.27. The van der Waals surface area contributed by atoms with Crippen molar-refractivity contribution in [2.45, 2.75) is 46.0 Å². The molecule has 0 spiro atoms. The van der Waals surface area contributed by atoms with E-state index >= 15 is 0 Å². The molecule has 2 aromatic carbocycles. The molecular weight excluding hydrogens is 361 g/mol. The van der Waals surface area contributed by atoms with Gasteiger partial charge in [0.2, 0.25) is 0 Å². The normalized spacial score (nSPS) is 12.0. The topological polar surface area (TPSA) is 81.0 Å². The summed E-state index contributed by atoms with van der Waals surface area (Å²) in [6.07, 6.45) is 0.329. The summed E-state index contributed by atoms with van der Waals surface area (Å²) < 4.78 is 11.7. The fourth-order valence-electron chi connectivity index (χ4n) is 3.14. The smallest absolute Gasteiger partial charge is 0.344 e. The summed E-state index contributed by atoms with van der Waals surface area (Å²) in [6, 6.07) is 13.6. The highest BCUT2D eigenvalue weighted by Crippen LogP contribution is 2.41. The van der Waals surface area contributed by atoms with Crippen LogP contribution in [-0.2, 0) is 11.0 Å². The summed E-state index contributed by atoms with van der Waals surface area (Å²) in [5.74, 6) is 0.491. The molecule has 3 N–H and O–H groups in total. The van der Waals surface area contributed by atoms with Crippen LogP contribution in [0, 0.1) is 0 Å². The Labute approximate surface area is 161 Å². The van der Waals surface area contributed by atoms with E-state index in [1.165, 1.54) is 0 Å². The van der Waals surface area contributed by atoms with Gasteiger partial charge in [0, 0.05) is 12.2 Å². The summed E-state index contributed by atoms with van der Waals surface area (Å²) in [5.41, 5.74) is 3.44. The Morgan fingerprint density at radius 1 is 0.963 bits per heavy atom. The highest BCUT2D eigenvalue weighted by molar-refractivity contribution is 7.51. The van der Waals surface area contributed by atoms with Crippen LogP contribution >= 0.6 is 7.60 Å². The van der Waals surface area contributed by atoms with Crippen LogP contribution in [0.3, 0.4) is 0 Å². The Kier molecular flexibility index (Phi) is 7.10. The number of phenolic OH excluding ortho intramolecular Hbond substituents is 1. The third-order valence-corrected chi connectivity index (χ3v) is 5.34. The zero-order chi connectivity index (χ0) is 20.2. The summed E-state index contributed by atoms with van der Waals surface area (Å²) in [5, 5.41) is 10.6. The Bertz CT molecular complexity index is 770. The second-order valence-corrected chi connectivity index (χ2v) is 9.20. The number of benzene rings is 2. The lowest BCUT2D eigenvalue weighted by atomic mass is 9.93. The van der Waals surface area contributed by atoms with Gasteiger partial charge in [-0.1, -0.05) is 58.0 Å². The van der Waals surface area contributed by atoms with Crippen LogP contribution in [-0.4, -0.2) is 27.7 Å². The van der Waals surface area contributed by atoms with Gasteiger partial charge in [-0.05, 0) is 47.1 Å². The zero-order valence-electron chi connectivity index (χ0n) is 16.5. The van der Waals surface area contributed by atoms with Gasteiger partial charge in [-0.25, -0.2) is 0 Å². The molecule has 0 aliphatic carbocycles. The molecule has 0 radical (unpaired) electrons. The van der Waals surface area contributed by atoms with Crippen LogP contribution in [0.15, 0.2) is 42.5 Å². The van der Waals surface area contributed by atoms with E-state index in [1.54, 1.807) is 4.90 Å². The van der Waals surface area contributed by atoms with Gasteiger partial charge >= 0.3 is 7.60 Å². The predicted octanol–water partition coefficient (Wildman–Crippen LogP) is 4.82. The van der Waals surface area contributed by atoms with Gasteiger partial charge in [-0.2, -0.15) is 0 Å². The second-order valence-electron chi connectivity index (χ2n) is 7.59. The number of hydrogen-bond acceptors (Lipinski definition) is 3. The molecule has 6 heteroatoms. The monoisotopic (exact) mass is 391 g/mol. The molecule has 0 aliphatic heterocycles. The molecule has 0 aliphatic rings. The van der Waals surface area contributed by atoms with Gasteiger partial charge in [0.15, 0.2) is 0 Å². The first-order chi connectivity index (χ1) is 12.6. The number of anilines is 1. The maximum atomic E-state index is 11.7. The summed E-state index contributed by atoms with van der Waals surface area (Å²) in [6.45, 7) is 8.48. The van der Waals surface area contributed by atoms with Crippen LogP contribution in [0.1, 0.15) is 56.2 Å². The number of rotatable bonds is 8. The quantitative estimate of drug-likeness (QED) is 0.562. The molecule has 2 aromatic rings. The molecule has 5 nitrogen and oxygen atoms in total. The highest BCUT2D eigenvalue weighted by Gasteiger charge is 2.23. The number of aromatic hydroxyl groups is 1. The molecule has 2 rings (SSSR count). The van der Waals surface area contributed by atoms with Gasteiger partial charge in [0.25, 0.3) is 0 Å². The first-order valence-electron chi connectivity index (χ1n) is 9.28. The van der Waals surface area contributed by atoms with E-state index in [1.807, 2.05) is 70.2 Å². The molecule has 0 unspecified atom stereocenters. The maximum Gasteiger partial charge on any atom is 0.344 e. The lowest BCUT2D eigenvalue weighted by molar-refractivity contribution is 0.372. The van der Waals surface area contributed by atoms with Crippen molar-refractivity contribution in [2.24, 2.45) is 0 Å². The van der Waals surface area contributed by atoms with Crippen LogP contribution in [0.5, 0.6) is 5.75 Å². The summed E-state index contributed by atoms with van der Waals surface area (Å²) in [7, 11) is -4.23. The fourth-order valence-corrected chi connectivity index (χ4v) is 3.89. The van der Waals surface area contributed by atoms with E-state index in [9.17, 15) is 19.5 Å². The van der Waals surface area contributed by atoms with Crippen molar-refractivity contribution in [3.05, 3.63) is 59.2 Å². The molecule has 0 bridgehead atoms. The largest absolute Gasteiger partial charge is 0.507 e. The standard InChI is InChI=1S/C21H30NO4P/c1-15(2)19-12-18(13-20(16(3)4)21(19)23)22(14-27(24,25)26)11-10-17-8-6-5-7-9-17/h5-9,12-13,15-16,23H,10-11,14H2,1-4H3,(H2,24,25,26). The zero-order valence-corrected chi connectivity index (χ0v) is 17.4. The van der Waals surface area contributed by atoms with Crippen LogP contribution in [0.4, 0.5) is 5.69 Å². The van der Waals surface area contributed by atoms with Crippen molar-refractivity contribution in [1.82, 2.24) is 0 Å². The summed E-state index contributed by atoms with van der Waals surface area (Å²) in [4.78, 5) is 20.9. The minimum atomic E-state index is -4.23. The lowest BCUT2D eigenvalue weighted by Gasteiger charge is -2.28. The molecule has 0 fully saturated rings. The van der Waals surface area contributed by atoms with Crippen molar-refractivity contribution in [2.75, 3.05) is 17.7 Å². The van der Waals surface area contributed by atoms with Gasteiger partial charge in [-0.15, -0.1) is 0 Å². The molecule has 0 heterocycles. The second kappa shape index (κ2) is 8.92. The van der Waals surface area contributed by atoms with Crippen LogP contribution < -0.4 is 4.90 Å². The molecular formula is C21H30NO4P. The van der Waals surface area contributed by atoms with Gasteiger partial charge in [0.1, 0.15) is 12.0 Å². The first-order valence-corrected chi connectivity index (χ1v) is 11.1. The molecule has 0 atom stereocenters. The minimum Gasteiger partial charge on any atom is -0.507 e. The number of phenols is 1. The van der Waals surface area contributed by atoms with Gasteiger partial charge in [-0.3, -0.25) is 4.57 Å². The Morgan fingerprint density at radius 2 is 1.48 bits per heavy atom. The van der Waals surface area contributed by atoms with Crippen LogP contribution in [0.25, 0.3) is 0 Å². The molecule has 0 amide bonds. The van der Waals surface area contributed by atoms with Crippen molar-refractivity contribution in [3.63, 3.8) is 0 Å². The average molecular weight is 391 g/mol. The summed E-state index contributed by atoms with van der Waals surface area (Å²) >= 11 is 0. The van der Waals surface area contributed by atoms with E-state index in [4.69, 9.17) is 0 Å². The third-order valence-electron chi connectivity index (χ3n) is 4.63. The van der Waals surface area contributed by atoms with Gasteiger partial charge < -0.3 is 19.8 Å². The van der Waals surface area contributed by atoms with Gasteiger partial charge in [0.05, 0.1) is 0 Å². The van der Waals surface area contributed by atoms with Crippen molar-refractivity contribution < 1.29 is 19.5 Å². The fraction of sp³-hybridized carbons (Fsp3) is 0.429. The Balaban J connectivity index is 2.42. The third kappa shape index (κ3) is 6.10. The molecule has 148 valence electrons. The predicted molar refractivity (Wildman–Crippen MR) is 111 cm³/mol. The SMILES string of the molecule is CC(C)c1cc(N(CCc2ccccc2)CP(=O)(O)O)cc(C(C)C)c1O. The van der Waals surface area contributed by atoms with E-state index in [-0.39, 0.29) is 23.9 Å².